The van der Waals surface area contributed by atoms with Gasteiger partial charge in [-0.25, -0.2) is 0 Å². The molecule has 0 saturated carbocycles. The van der Waals surface area contributed by atoms with Crippen LogP contribution < -0.4 is 43.4 Å². The number of nitrogens with two attached hydrogens (primary N) is 4. The van der Waals surface area contributed by atoms with Crippen molar-refractivity contribution in [3.8, 4) is 0 Å². The van der Waals surface area contributed by atoms with Gasteiger partial charge in [0, 0.05) is 22.7 Å². The second-order valence-electron chi connectivity index (χ2n) is 7.64. The molecule has 0 bridgehead atoms. The summed E-state index contributed by atoms with van der Waals surface area (Å²) in [4.78, 5) is 40.6. The van der Waals surface area contributed by atoms with E-state index in [2.05, 4.69) is 0 Å². The van der Waals surface area contributed by atoms with E-state index in [1.54, 1.807) is 0 Å². The summed E-state index contributed by atoms with van der Waals surface area (Å²) < 4.78 is 0. The van der Waals surface area contributed by atoms with Crippen molar-refractivity contribution in [2.24, 2.45) is 0 Å². The fraction of sp³-hybridized carbons (Fsp3) is 0. The van der Waals surface area contributed by atoms with Gasteiger partial charge in [0.1, 0.15) is 0 Å². The monoisotopic (exact) mass is 752 g/mol. The van der Waals surface area contributed by atoms with Crippen molar-refractivity contribution in [3.05, 3.63) is 119 Å². The predicted molar refractivity (Wildman–Crippen MR) is 146 cm³/mol. The standard InChI is InChI=1S/4C7H7NO2.Pb/c4*8-6-3-1-5(2-4-6)7(9)10;/h4*1-4H,8H2,(H,9,10);/q;;;;+4/p-4. The van der Waals surface area contributed by atoms with Crippen LogP contribution in [-0.4, -0.2) is 51.2 Å². The van der Waals surface area contributed by atoms with Gasteiger partial charge in [-0.15, -0.1) is 0 Å². The van der Waals surface area contributed by atoms with Gasteiger partial charge in [0.25, 0.3) is 0 Å². The van der Waals surface area contributed by atoms with Gasteiger partial charge in [0.05, 0.1) is 23.9 Å². The maximum absolute atomic E-state index is 10.2. The number of rotatable bonds is 4. The number of carbonyl (C=O) groups is 4. The predicted octanol–water partition coefficient (Wildman–Crippen LogP) is -1.85. The van der Waals surface area contributed by atoms with Crippen molar-refractivity contribution < 1.29 is 39.6 Å². The van der Waals surface area contributed by atoms with Crippen LogP contribution in [0.5, 0.6) is 0 Å². The van der Waals surface area contributed by atoms with E-state index in [9.17, 15) is 39.6 Å². The molecule has 0 aliphatic carbocycles. The largest absolute Gasteiger partial charge is 4.00 e. The Morgan fingerprint density at radius 2 is 0.463 bits per heavy atom. The molecule has 0 heterocycles. The average molecular weight is 752 g/mol. The first-order valence-corrected chi connectivity index (χ1v) is 11.1. The minimum Gasteiger partial charge on any atom is -0.545 e. The van der Waals surface area contributed by atoms with E-state index >= 15 is 0 Å². The summed E-state index contributed by atoms with van der Waals surface area (Å²) in [5.41, 5.74) is 24.0. The third-order valence-corrected chi connectivity index (χ3v) is 4.59. The molecule has 0 unspecified atom stereocenters. The van der Waals surface area contributed by atoms with Gasteiger partial charge >= 0.3 is 27.3 Å². The number of carboxylic acid groups (broad SMARTS) is 4. The molecule has 4 rings (SSSR count). The van der Waals surface area contributed by atoms with Crippen LogP contribution in [0.3, 0.4) is 0 Å². The molecule has 0 aliphatic rings. The first-order chi connectivity index (χ1) is 18.8. The Bertz CT molecular complexity index is 1190. The van der Waals surface area contributed by atoms with Crippen LogP contribution in [0.1, 0.15) is 41.4 Å². The van der Waals surface area contributed by atoms with Gasteiger partial charge in [-0.1, -0.05) is 48.5 Å². The zero-order valence-electron chi connectivity index (χ0n) is 21.3. The van der Waals surface area contributed by atoms with Crippen LogP contribution in [-0.2, 0) is 0 Å². The molecule has 0 aromatic heterocycles. The van der Waals surface area contributed by atoms with Gasteiger partial charge < -0.3 is 62.5 Å². The van der Waals surface area contributed by atoms with Crippen LogP contribution in [0.15, 0.2) is 97.1 Å². The minimum absolute atomic E-state index is 0. The van der Waals surface area contributed by atoms with Crippen molar-refractivity contribution in [1.29, 1.82) is 0 Å². The number of anilines is 4. The van der Waals surface area contributed by atoms with Crippen LogP contribution >= 0.6 is 0 Å². The molecule has 12 nitrogen and oxygen atoms in total. The molecule has 13 heteroatoms. The van der Waals surface area contributed by atoms with E-state index in [4.69, 9.17) is 22.9 Å². The molecule has 4 aromatic carbocycles. The molecule has 0 saturated heterocycles. The molecule has 0 spiro atoms. The van der Waals surface area contributed by atoms with Crippen LogP contribution in [0.25, 0.3) is 0 Å². The Kier molecular flexibility index (Phi) is 15.9. The van der Waals surface area contributed by atoms with E-state index in [1.807, 2.05) is 0 Å². The maximum atomic E-state index is 10.2. The summed E-state index contributed by atoms with van der Waals surface area (Å²) in [6.45, 7) is 0. The van der Waals surface area contributed by atoms with Crippen LogP contribution in [0.4, 0.5) is 22.7 Å². The van der Waals surface area contributed by atoms with Gasteiger partial charge in [-0.2, -0.15) is 0 Å². The van der Waals surface area contributed by atoms with E-state index < -0.39 is 23.9 Å². The number of aromatic carboxylic acids is 4. The van der Waals surface area contributed by atoms with Gasteiger partial charge in [0.15, 0.2) is 0 Å². The SMILES string of the molecule is Nc1ccc(C(=O)[O-])cc1.Nc1ccc(C(=O)[O-])cc1.Nc1ccc(C(=O)[O-])cc1.Nc1ccc(C(=O)[O-])cc1.[Pb+4]. The zero-order valence-corrected chi connectivity index (χ0v) is 25.2. The summed E-state index contributed by atoms with van der Waals surface area (Å²) in [5, 5.41) is 40.6. The Balaban J connectivity index is 0.000000516. The number of hydrogen-bond acceptors (Lipinski definition) is 12. The summed E-state index contributed by atoms with van der Waals surface area (Å²) in [7, 11) is 0. The molecular formula is C28H24N4O8Pb. The van der Waals surface area contributed by atoms with Gasteiger partial charge in [-0.05, 0) is 70.8 Å². The Labute approximate surface area is 255 Å². The van der Waals surface area contributed by atoms with Crippen molar-refractivity contribution in [2.45, 2.75) is 0 Å². The van der Waals surface area contributed by atoms with Crippen LogP contribution in [0, 0.1) is 0 Å². The molecule has 0 atom stereocenters. The topological polar surface area (TPSA) is 265 Å². The molecular weight excluding hydrogens is 728 g/mol. The van der Waals surface area contributed by atoms with Gasteiger partial charge in [-0.3, -0.25) is 0 Å². The van der Waals surface area contributed by atoms with Crippen molar-refractivity contribution in [1.82, 2.24) is 0 Å². The molecule has 0 amide bonds. The molecule has 0 fully saturated rings. The van der Waals surface area contributed by atoms with E-state index in [-0.39, 0.29) is 49.6 Å². The van der Waals surface area contributed by atoms with E-state index in [0.717, 1.165) is 0 Å². The fourth-order valence-electron chi connectivity index (χ4n) is 2.48. The van der Waals surface area contributed by atoms with E-state index in [1.165, 1.54) is 97.1 Å². The second kappa shape index (κ2) is 18.2. The average Bonchev–Trinajstić information content (AvgIpc) is 2.91. The van der Waals surface area contributed by atoms with Crippen LogP contribution in [0.2, 0.25) is 0 Å². The molecule has 0 aliphatic heterocycles. The normalized spacial score (nSPS) is 8.98. The maximum Gasteiger partial charge on any atom is 4.00 e. The molecule has 0 radical (unpaired) electrons. The summed E-state index contributed by atoms with van der Waals surface area (Å²) in [6, 6.07) is 23.4. The second-order valence-corrected chi connectivity index (χ2v) is 7.64. The molecule has 4 aromatic rings. The van der Waals surface area contributed by atoms with E-state index in [0.29, 0.717) is 22.7 Å². The Morgan fingerprint density at radius 3 is 0.561 bits per heavy atom. The zero-order chi connectivity index (χ0) is 30.2. The number of carboxylic acids is 4. The number of benzene rings is 4. The first kappa shape index (κ1) is 35.9. The third kappa shape index (κ3) is 14.6. The molecule has 8 N–H and O–H groups in total. The fourth-order valence-corrected chi connectivity index (χ4v) is 2.48. The Hall–Kier alpha value is -5.12. The number of carbonyl (C=O) groups excluding carboxylic acids is 4. The summed E-state index contributed by atoms with van der Waals surface area (Å²) in [6.07, 6.45) is 0. The Morgan fingerprint density at radius 1 is 0.341 bits per heavy atom. The first-order valence-electron chi connectivity index (χ1n) is 11.1. The van der Waals surface area contributed by atoms with Crippen molar-refractivity contribution in [2.75, 3.05) is 22.9 Å². The third-order valence-electron chi connectivity index (χ3n) is 4.59. The molecule has 41 heavy (non-hydrogen) atoms. The smallest absolute Gasteiger partial charge is 0.545 e. The summed E-state index contributed by atoms with van der Waals surface area (Å²) in [5.74, 6) is -4.72. The van der Waals surface area contributed by atoms with Gasteiger partial charge in [0.2, 0.25) is 0 Å². The quantitative estimate of drug-likeness (QED) is 0.132. The van der Waals surface area contributed by atoms with Crippen molar-refractivity contribution in [3.63, 3.8) is 0 Å². The number of nitrogen functional groups attached to an aromatic ring is 4. The van der Waals surface area contributed by atoms with Crippen molar-refractivity contribution >= 4 is 73.9 Å². The minimum atomic E-state index is -1.18. The molecule has 208 valence electrons. The summed E-state index contributed by atoms with van der Waals surface area (Å²) >= 11 is 0. The number of hydrogen-bond donors (Lipinski definition) is 4.